The zero-order chi connectivity index (χ0) is 13.7. The molecule has 0 heterocycles. The molecule has 0 saturated carbocycles. The van der Waals surface area contributed by atoms with Crippen LogP contribution in [0.25, 0.3) is 0 Å². The zero-order valence-corrected chi connectivity index (χ0v) is 14.6. The maximum absolute atomic E-state index is 3.61. The highest BCUT2D eigenvalue weighted by Crippen LogP contribution is 2.16. The molecule has 0 saturated heterocycles. The van der Waals surface area contributed by atoms with Gasteiger partial charge in [0.1, 0.15) is 0 Å². The number of hydrogen-bond acceptors (Lipinski definition) is 0. The Bertz CT molecular complexity index is 149. The third-order valence-corrected chi connectivity index (χ3v) is 4.53. The quantitative estimate of drug-likeness (QED) is 0.243. The van der Waals surface area contributed by atoms with Crippen molar-refractivity contribution in [2.24, 2.45) is 0 Å². The number of rotatable bonds is 13. The van der Waals surface area contributed by atoms with E-state index in [2.05, 4.69) is 36.7 Å². The van der Waals surface area contributed by atoms with Crippen LogP contribution in [0.4, 0.5) is 0 Å². The Labute approximate surface area is 124 Å². The van der Waals surface area contributed by atoms with Gasteiger partial charge in [-0.2, -0.15) is 0 Å². The van der Waals surface area contributed by atoms with Crippen LogP contribution in [-0.4, -0.2) is 36.0 Å². The van der Waals surface area contributed by atoms with Gasteiger partial charge in [0.15, 0.2) is 0 Å². The Kier molecular flexibility index (Phi) is 12.8. The summed E-state index contributed by atoms with van der Waals surface area (Å²) in [6, 6.07) is 0. The molecule has 18 heavy (non-hydrogen) atoms. The van der Waals surface area contributed by atoms with Crippen LogP contribution in [0.1, 0.15) is 72.1 Å². The third kappa shape index (κ3) is 8.53. The molecule has 0 aromatic rings. The van der Waals surface area contributed by atoms with E-state index in [0.29, 0.717) is 0 Å². The first-order chi connectivity index (χ1) is 8.74. The number of nitrogens with zero attached hydrogens (tertiary/aromatic N) is 1. The largest absolute Gasteiger partial charge is 0.324 e. The van der Waals surface area contributed by atoms with Gasteiger partial charge in [0.25, 0.3) is 0 Å². The van der Waals surface area contributed by atoms with Crippen LogP contribution in [0.2, 0.25) is 0 Å². The predicted molar refractivity (Wildman–Crippen MR) is 87.5 cm³/mol. The van der Waals surface area contributed by atoms with Crippen LogP contribution in [0.15, 0.2) is 0 Å². The normalized spacial score (nSPS) is 12.0. The summed E-state index contributed by atoms with van der Waals surface area (Å²) in [5, 5.41) is 1.17. The molecule has 0 bridgehead atoms. The SMILES string of the molecule is CCCCC[N+](CCCC)(CCCC)CCCBr. The van der Waals surface area contributed by atoms with Gasteiger partial charge in [0, 0.05) is 11.8 Å². The van der Waals surface area contributed by atoms with Gasteiger partial charge in [-0.25, -0.2) is 0 Å². The summed E-state index contributed by atoms with van der Waals surface area (Å²) in [6.07, 6.45) is 11.0. The lowest BCUT2D eigenvalue weighted by atomic mass is 10.1. The summed E-state index contributed by atoms with van der Waals surface area (Å²) in [5.74, 6) is 0. The number of alkyl halides is 1. The van der Waals surface area contributed by atoms with Gasteiger partial charge in [-0.15, -0.1) is 0 Å². The van der Waals surface area contributed by atoms with Gasteiger partial charge >= 0.3 is 0 Å². The molecule has 0 spiro atoms. The first-order valence-electron chi connectivity index (χ1n) is 8.15. The topological polar surface area (TPSA) is 0 Å². The van der Waals surface area contributed by atoms with Crippen molar-refractivity contribution >= 4 is 15.9 Å². The summed E-state index contributed by atoms with van der Waals surface area (Å²) in [5.41, 5.74) is 0. The molecule has 0 aliphatic carbocycles. The van der Waals surface area contributed by atoms with Crippen molar-refractivity contribution in [2.75, 3.05) is 31.5 Å². The van der Waals surface area contributed by atoms with Crippen LogP contribution < -0.4 is 0 Å². The summed E-state index contributed by atoms with van der Waals surface area (Å²) in [4.78, 5) is 0. The van der Waals surface area contributed by atoms with E-state index in [1.165, 1.54) is 87.4 Å². The first-order valence-corrected chi connectivity index (χ1v) is 9.27. The Morgan fingerprint density at radius 1 is 0.611 bits per heavy atom. The van der Waals surface area contributed by atoms with Gasteiger partial charge in [-0.1, -0.05) is 56.0 Å². The molecular weight excluding hydrogens is 286 g/mol. The Morgan fingerprint density at radius 2 is 1.06 bits per heavy atom. The van der Waals surface area contributed by atoms with Crippen molar-refractivity contribution in [3.63, 3.8) is 0 Å². The van der Waals surface area contributed by atoms with E-state index in [1.54, 1.807) is 0 Å². The van der Waals surface area contributed by atoms with Gasteiger partial charge in [-0.3, -0.25) is 0 Å². The van der Waals surface area contributed by atoms with Crippen molar-refractivity contribution in [3.8, 4) is 0 Å². The standard InChI is InChI=1S/C16H35BrN/c1-4-7-10-15-18(13-8-5-2,14-9-6-3)16-11-12-17/h4-16H2,1-3H3/q+1. The van der Waals surface area contributed by atoms with Crippen molar-refractivity contribution in [2.45, 2.75) is 72.1 Å². The average Bonchev–Trinajstić information content (AvgIpc) is 2.40. The third-order valence-electron chi connectivity index (χ3n) is 3.97. The molecule has 110 valence electrons. The average molecular weight is 321 g/mol. The maximum Gasteiger partial charge on any atom is 0.0794 e. The molecule has 0 aromatic carbocycles. The molecule has 0 atom stereocenters. The summed E-state index contributed by atoms with van der Waals surface area (Å²) < 4.78 is 1.40. The van der Waals surface area contributed by atoms with Crippen LogP contribution in [0, 0.1) is 0 Å². The Balaban J connectivity index is 4.41. The van der Waals surface area contributed by atoms with E-state index in [1.807, 2.05) is 0 Å². The van der Waals surface area contributed by atoms with Gasteiger partial charge in [0.2, 0.25) is 0 Å². The van der Waals surface area contributed by atoms with E-state index in [-0.39, 0.29) is 0 Å². The molecular formula is C16H35BrN+. The second-order valence-electron chi connectivity index (χ2n) is 5.69. The van der Waals surface area contributed by atoms with E-state index in [4.69, 9.17) is 0 Å². The second-order valence-corrected chi connectivity index (χ2v) is 6.49. The van der Waals surface area contributed by atoms with Crippen molar-refractivity contribution in [3.05, 3.63) is 0 Å². The monoisotopic (exact) mass is 320 g/mol. The molecule has 2 heteroatoms. The minimum Gasteiger partial charge on any atom is -0.324 e. The minimum atomic E-state index is 1.17. The highest BCUT2D eigenvalue weighted by Gasteiger charge is 2.24. The molecule has 1 nitrogen and oxygen atoms in total. The molecule has 0 amide bonds. The molecule has 0 rings (SSSR count). The van der Waals surface area contributed by atoms with E-state index >= 15 is 0 Å². The van der Waals surface area contributed by atoms with Crippen LogP contribution in [0.5, 0.6) is 0 Å². The minimum absolute atomic E-state index is 1.17. The van der Waals surface area contributed by atoms with Gasteiger partial charge in [0.05, 0.1) is 26.2 Å². The van der Waals surface area contributed by atoms with Crippen LogP contribution in [-0.2, 0) is 0 Å². The predicted octanol–water partition coefficient (Wildman–Crippen LogP) is 5.38. The van der Waals surface area contributed by atoms with Crippen molar-refractivity contribution < 1.29 is 4.48 Å². The molecule has 0 aromatic heterocycles. The lowest BCUT2D eigenvalue weighted by Gasteiger charge is -2.39. The number of halogens is 1. The fraction of sp³-hybridized carbons (Fsp3) is 1.00. The molecule has 0 N–H and O–H groups in total. The van der Waals surface area contributed by atoms with Crippen LogP contribution >= 0.6 is 15.9 Å². The molecule has 0 aliphatic heterocycles. The van der Waals surface area contributed by atoms with Crippen LogP contribution in [0.3, 0.4) is 0 Å². The number of quaternary nitrogens is 1. The van der Waals surface area contributed by atoms with Gasteiger partial charge < -0.3 is 4.48 Å². The molecule has 0 unspecified atom stereocenters. The van der Waals surface area contributed by atoms with E-state index in [9.17, 15) is 0 Å². The van der Waals surface area contributed by atoms with E-state index in [0.717, 1.165) is 0 Å². The lowest BCUT2D eigenvalue weighted by molar-refractivity contribution is -0.928. The number of hydrogen-bond donors (Lipinski definition) is 0. The molecule has 0 fully saturated rings. The molecule has 0 aliphatic rings. The zero-order valence-electron chi connectivity index (χ0n) is 13.0. The fourth-order valence-corrected chi connectivity index (χ4v) is 3.00. The van der Waals surface area contributed by atoms with E-state index < -0.39 is 0 Å². The molecule has 0 radical (unpaired) electrons. The highest BCUT2D eigenvalue weighted by molar-refractivity contribution is 9.09. The summed E-state index contributed by atoms with van der Waals surface area (Å²) in [6.45, 7) is 12.6. The number of unbranched alkanes of at least 4 members (excludes halogenated alkanes) is 4. The van der Waals surface area contributed by atoms with Crippen molar-refractivity contribution in [1.82, 2.24) is 0 Å². The summed E-state index contributed by atoms with van der Waals surface area (Å²) in [7, 11) is 0. The second kappa shape index (κ2) is 12.5. The summed E-state index contributed by atoms with van der Waals surface area (Å²) >= 11 is 3.61. The Hall–Kier alpha value is 0.440. The Morgan fingerprint density at radius 3 is 1.50 bits per heavy atom. The highest BCUT2D eigenvalue weighted by atomic mass is 79.9. The fourth-order valence-electron chi connectivity index (χ4n) is 2.75. The van der Waals surface area contributed by atoms with Gasteiger partial charge in [-0.05, 0) is 25.7 Å². The smallest absolute Gasteiger partial charge is 0.0794 e. The first kappa shape index (κ1) is 18.4. The maximum atomic E-state index is 3.61. The van der Waals surface area contributed by atoms with Crippen molar-refractivity contribution in [1.29, 1.82) is 0 Å². The lowest BCUT2D eigenvalue weighted by Crippen LogP contribution is -2.50.